The third-order valence-electron chi connectivity index (χ3n) is 4.07. The van der Waals surface area contributed by atoms with Gasteiger partial charge >= 0.3 is 0 Å². The Labute approximate surface area is 143 Å². The first-order valence-electron chi connectivity index (χ1n) is 7.44. The zero-order chi connectivity index (χ0) is 16.7. The van der Waals surface area contributed by atoms with Crippen molar-refractivity contribution in [1.29, 1.82) is 0 Å². The number of phenolic OH excluding ortho intramolecular Hbond substituents is 1. The molecule has 0 unspecified atom stereocenters. The number of hydrogen-bond acceptors (Lipinski definition) is 6. The van der Waals surface area contributed by atoms with Crippen LogP contribution < -0.4 is 15.1 Å². The number of hydrogen-bond donors (Lipinski definition) is 2. The molecule has 2 heterocycles. The van der Waals surface area contributed by atoms with Crippen LogP contribution in [0.4, 0.5) is 10.5 Å². The summed E-state index contributed by atoms with van der Waals surface area (Å²) in [7, 11) is 1.51. The van der Waals surface area contributed by atoms with Crippen molar-refractivity contribution in [2.45, 2.75) is 11.3 Å². The van der Waals surface area contributed by atoms with E-state index in [1.807, 2.05) is 41.4 Å². The topological polar surface area (TPSA) is 74.2 Å². The van der Waals surface area contributed by atoms with Crippen LogP contribution in [0.2, 0.25) is 0 Å². The number of nitrogens with zero attached hydrogens (tertiary/aromatic N) is 2. The van der Waals surface area contributed by atoms with E-state index in [0.717, 1.165) is 11.3 Å². The second-order valence-corrected chi connectivity index (χ2v) is 6.61. The lowest BCUT2D eigenvalue weighted by molar-refractivity contribution is 0.265. The van der Waals surface area contributed by atoms with Crippen molar-refractivity contribution in [1.82, 2.24) is 5.32 Å². The number of nitrogens with one attached hydrogen (secondary N) is 1. The second-order valence-electron chi connectivity index (χ2n) is 5.49. The van der Waals surface area contributed by atoms with Crippen LogP contribution in [0.5, 0.6) is 11.5 Å². The first-order valence-corrected chi connectivity index (χ1v) is 8.32. The first-order chi connectivity index (χ1) is 11.7. The second kappa shape index (κ2) is 5.76. The highest BCUT2D eigenvalue weighted by molar-refractivity contribution is 8.15. The van der Waals surface area contributed by atoms with Crippen molar-refractivity contribution < 1.29 is 14.6 Å². The molecule has 2 aliphatic rings. The van der Waals surface area contributed by atoms with Crippen molar-refractivity contribution in [3.8, 4) is 11.5 Å². The maximum Gasteiger partial charge on any atom is 0.285 e. The standard InChI is InChI=1S/C17H15N3O3S/c1-23-13-9-10(7-8-12(13)21)14-15-16(18-17(22)24-15)19-20(14)11-5-3-2-4-6-11/h2-9,14-15,21H,1H3,(H,18,19,22)/t14-,15+/m0/s1. The average molecular weight is 341 g/mol. The number of ether oxygens (including phenoxy) is 1. The van der Waals surface area contributed by atoms with Crippen LogP contribution in [0.1, 0.15) is 11.6 Å². The van der Waals surface area contributed by atoms with Crippen molar-refractivity contribution in [3.05, 3.63) is 54.1 Å². The van der Waals surface area contributed by atoms with Crippen LogP contribution in [-0.4, -0.2) is 28.5 Å². The normalized spacial score (nSPS) is 22.1. The Kier molecular flexibility index (Phi) is 3.57. The van der Waals surface area contributed by atoms with E-state index in [4.69, 9.17) is 4.74 Å². The van der Waals surface area contributed by atoms with Crippen LogP contribution in [0.3, 0.4) is 0 Å². The fraction of sp³-hybridized carbons (Fsp3) is 0.176. The van der Waals surface area contributed by atoms with Crippen LogP contribution in [-0.2, 0) is 0 Å². The molecule has 6 nitrogen and oxygen atoms in total. The zero-order valence-electron chi connectivity index (χ0n) is 12.8. The van der Waals surface area contributed by atoms with Crippen LogP contribution in [0, 0.1) is 0 Å². The average Bonchev–Trinajstić information content (AvgIpc) is 3.12. The third kappa shape index (κ3) is 2.37. The molecule has 2 aliphatic heterocycles. The predicted molar refractivity (Wildman–Crippen MR) is 93.7 cm³/mol. The van der Waals surface area contributed by atoms with Gasteiger partial charge in [0.2, 0.25) is 0 Å². The van der Waals surface area contributed by atoms with Gasteiger partial charge in [-0.1, -0.05) is 36.0 Å². The minimum atomic E-state index is -0.166. The quantitative estimate of drug-likeness (QED) is 0.897. The van der Waals surface area contributed by atoms with Gasteiger partial charge in [0.15, 0.2) is 11.5 Å². The van der Waals surface area contributed by atoms with Crippen molar-refractivity contribution in [3.63, 3.8) is 0 Å². The Bertz CT molecular complexity index is 825. The Balaban J connectivity index is 1.79. The molecule has 122 valence electrons. The lowest BCUT2D eigenvalue weighted by atomic mass is 10.0. The Hall–Kier alpha value is -2.67. The largest absolute Gasteiger partial charge is 0.504 e. The molecule has 0 radical (unpaired) electrons. The summed E-state index contributed by atoms with van der Waals surface area (Å²) >= 11 is 1.23. The molecule has 0 spiro atoms. The number of carbonyl (C=O) groups is 1. The van der Waals surface area contributed by atoms with Gasteiger partial charge in [-0.2, -0.15) is 5.10 Å². The molecule has 2 atom stereocenters. The van der Waals surface area contributed by atoms with Gasteiger partial charge in [-0.3, -0.25) is 9.80 Å². The molecule has 2 aromatic rings. The number of anilines is 1. The highest BCUT2D eigenvalue weighted by Crippen LogP contribution is 2.44. The van der Waals surface area contributed by atoms with Gasteiger partial charge in [-0.05, 0) is 29.8 Å². The molecular formula is C17H15N3O3S. The fourth-order valence-corrected chi connectivity index (χ4v) is 3.99. The summed E-state index contributed by atoms with van der Waals surface area (Å²) in [6, 6.07) is 14.9. The number of thioether (sulfide) groups is 1. The summed E-state index contributed by atoms with van der Waals surface area (Å²) in [6.07, 6.45) is 0. The van der Waals surface area contributed by atoms with Crippen LogP contribution in [0.15, 0.2) is 53.6 Å². The molecule has 4 rings (SSSR count). The SMILES string of the molecule is COc1cc([C@H]2[C@H]3SC(=O)NC3=NN2c2ccccc2)ccc1O. The molecule has 0 bridgehead atoms. The summed E-state index contributed by atoms with van der Waals surface area (Å²) < 4.78 is 5.22. The molecule has 1 saturated heterocycles. The number of carbonyl (C=O) groups excluding carboxylic acids is 1. The number of phenols is 1. The maximum absolute atomic E-state index is 11.7. The summed E-state index contributed by atoms with van der Waals surface area (Å²) in [5.41, 5.74) is 1.85. The van der Waals surface area contributed by atoms with Gasteiger partial charge in [-0.15, -0.1) is 0 Å². The smallest absolute Gasteiger partial charge is 0.285 e. The van der Waals surface area contributed by atoms with Gasteiger partial charge < -0.3 is 15.2 Å². The lowest BCUT2D eigenvalue weighted by Gasteiger charge is -2.27. The van der Waals surface area contributed by atoms with E-state index >= 15 is 0 Å². The van der Waals surface area contributed by atoms with E-state index in [2.05, 4.69) is 10.4 Å². The highest BCUT2D eigenvalue weighted by Gasteiger charge is 2.45. The van der Waals surface area contributed by atoms with E-state index in [1.165, 1.54) is 18.9 Å². The number of fused-ring (bicyclic) bond motifs is 1. The van der Waals surface area contributed by atoms with Crippen molar-refractivity contribution >= 4 is 28.5 Å². The Morgan fingerprint density at radius 3 is 2.79 bits per heavy atom. The molecule has 0 aromatic heterocycles. The van der Waals surface area contributed by atoms with Crippen molar-refractivity contribution in [2.24, 2.45) is 5.10 Å². The maximum atomic E-state index is 11.7. The van der Waals surface area contributed by atoms with E-state index in [9.17, 15) is 9.90 Å². The molecule has 2 aromatic carbocycles. The van der Waals surface area contributed by atoms with Gasteiger partial charge in [0.1, 0.15) is 11.1 Å². The molecule has 0 saturated carbocycles. The van der Waals surface area contributed by atoms with E-state index < -0.39 is 0 Å². The minimum absolute atomic E-state index is 0.0833. The molecule has 2 N–H and O–H groups in total. The number of benzene rings is 2. The summed E-state index contributed by atoms with van der Waals surface area (Å²) in [5.74, 6) is 1.14. The first kappa shape index (κ1) is 14.9. The highest BCUT2D eigenvalue weighted by atomic mass is 32.2. The van der Waals surface area contributed by atoms with E-state index in [1.54, 1.807) is 12.1 Å². The molecular weight excluding hydrogens is 326 g/mol. The Morgan fingerprint density at radius 2 is 2.04 bits per heavy atom. The molecule has 1 fully saturated rings. The van der Waals surface area contributed by atoms with E-state index in [-0.39, 0.29) is 22.3 Å². The van der Waals surface area contributed by atoms with Crippen LogP contribution in [0.25, 0.3) is 0 Å². The van der Waals surface area contributed by atoms with Crippen molar-refractivity contribution in [2.75, 3.05) is 12.1 Å². The Morgan fingerprint density at radius 1 is 1.25 bits per heavy atom. The van der Waals surface area contributed by atoms with Crippen LogP contribution >= 0.6 is 11.8 Å². The predicted octanol–water partition coefficient (Wildman–Crippen LogP) is 3.10. The molecule has 1 amide bonds. The fourth-order valence-electron chi connectivity index (χ4n) is 2.97. The lowest BCUT2D eigenvalue weighted by Crippen LogP contribution is -2.27. The number of rotatable bonds is 3. The minimum Gasteiger partial charge on any atom is -0.504 e. The van der Waals surface area contributed by atoms with Gasteiger partial charge in [0.05, 0.1) is 18.8 Å². The van der Waals surface area contributed by atoms with E-state index in [0.29, 0.717) is 11.6 Å². The van der Waals surface area contributed by atoms with Gasteiger partial charge in [0, 0.05) is 0 Å². The number of amidine groups is 1. The third-order valence-corrected chi connectivity index (χ3v) is 5.12. The molecule has 7 heteroatoms. The van der Waals surface area contributed by atoms with Gasteiger partial charge in [-0.25, -0.2) is 0 Å². The monoisotopic (exact) mass is 341 g/mol. The number of para-hydroxylation sites is 1. The number of aromatic hydroxyl groups is 1. The number of hydrazone groups is 1. The molecule has 24 heavy (non-hydrogen) atoms. The molecule has 0 aliphatic carbocycles. The summed E-state index contributed by atoms with van der Waals surface area (Å²) in [6.45, 7) is 0. The summed E-state index contributed by atoms with van der Waals surface area (Å²) in [4.78, 5) is 11.7. The summed E-state index contributed by atoms with van der Waals surface area (Å²) in [5, 5.41) is 18.9. The zero-order valence-corrected chi connectivity index (χ0v) is 13.7. The number of methoxy groups -OCH3 is 1. The van der Waals surface area contributed by atoms with Gasteiger partial charge in [0.25, 0.3) is 5.24 Å². The number of amides is 1.